The minimum atomic E-state index is -3.89. The van der Waals surface area contributed by atoms with Gasteiger partial charge in [-0.05, 0) is 55.8 Å². The summed E-state index contributed by atoms with van der Waals surface area (Å²) in [5.74, 6) is -0.398. The maximum Gasteiger partial charge on any atom is 0.243 e. The van der Waals surface area contributed by atoms with Gasteiger partial charge in [-0.1, -0.05) is 66.2 Å². The van der Waals surface area contributed by atoms with Crippen molar-refractivity contribution in [1.29, 1.82) is 0 Å². The second-order valence-electron chi connectivity index (χ2n) is 9.11. The number of fused-ring (bicyclic) bond motifs is 3. The van der Waals surface area contributed by atoms with Crippen LogP contribution >= 0.6 is 0 Å². The Morgan fingerprint density at radius 1 is 0.838 bits per heavy atom. The fourth-order valence-electron chi connectivity index (χ4n) is 4.70. The molecular formula is C30H29N3O3S. The van der Waals surface area contributed by atoms with Gasteiger partial charge in [-0.15, -0.1) is 0 Å². The standard InChI is InChI=1S/C30H29N3O3S/c1-3-33-28-12-8-7-11-26(28)27-19-24(17-18-29(27)33)31-30(34)21-32(20-23-15-13-22(2)14-16-23)37(35,36)25-9-5-4-6-10-25/h4-19H,3,20-21H2,1-2H3,(H,31,34). The SMILES string of the molecule is CCn1c2ccccc2c2cc(NC(=O)CN(Cc3ccc(C)cc3)S(=O)(=O)c3ccccc3)ccc21. The Morgan fingerprint density at radius 3 is 2.24 bits per heavy atom. The first-order chi connectivity index (χ1) is 17.9. The summed E-state index contributed by atoms with van der Waals surface area (Å²) in [5.41, 5.74) is 4.76. The summed E-state index contributed by atoms with van der Waals surface area (Å²) in [7, 11) is -3.89. The quantitative estimate of drug-likeness (QED) is 0.280. The maximum absolute atomic E-state index is 13.5. The first-order valence-electron chi connectivity index (χ1n) is 12.3. The van der Waals surface area contributed by atoms with E-state index in [1.165, 1.54) is 4.31 Å². The molecule has 0 unspecified atom stereocenters. The zero-order chi connectivity index (χ0) is 26.0. The van der Waals surface area contributed by atoms with Crippen LogP contribution in [0.3, 0.4) is 0 Å². The molecule has 0 aliphatic heterocycles. The molecule has 0 atom stereocenters. The van der Waals surface area contributed by atoms with Crippen molar-refractivity contribution in [2.24, 2.45) is 0 Å². The number of carbonyl (C=O) groups is 1. The van der Waals surface area contributed by atoms with E-state index < -0.39 is 15.9 Å². The van der Waals surface area contributed by atoms with Crippen molar-refractivity contribution in [3.05, 3.63) is 108 Å². The summed E-state index contributed by atoms with van der Waals surface area (Å²) < 4.78 is 30.5. The molecule has 188 valence electrons. The molecule has 0 fully saturated rings. The highest BCUT2D eigenvalue weighted by molar-refractivity contribution is 7.89. The zero-order valence-electron chi connectivity index (χ0n) is 20.9. The van der Waals surface area contributed by atoms with Crippen LogP contribution in [0.2, 0.25) is 0 Å². The summed E-state index contributed by atoms with van der Waals surface area (Å²) >= 11 is 0. The molecule has 1 N–H and O–H groups in total. The highest BCUT2D eigenvalue weighted by atomic mass is 32.2. The number of hydrogen-bond donors (Lipinski definition) is 1. The van der Waals surface area contributed by atoms with Gasteiger partial charge in [0, 0.05) is 40.6 Å². The predicted molar refractivity (Wildman–Crippen MR) is 149 cm³/mol. The number of amides is 1. The molecule has 0 saturated heterocycles. The molecule has 1 amide bonds. The first kappa shape index (κ1) is 24.7. The van der Waals surface area contributed by atoms with Gasteiger partial charge in [0.05, 0.1) is 11.4 Å². The van der Waals surface area contributed by atoms with Crippen LogP contribution in [0.4, 0.5) is 5.69 Å². The lowest BCUT2D eigenvalue weighted by atomic mass is 10.1. The molecule has 5 aromatic rings. The molecule has 6 nitrogen and oxygen atoms in total. The molecular weight excluding hydrogens is 482 g/mol. The van der Waals surface area contributed by atoms with E-state index >= 15 is 0 Å². The highest BCUT2D eigenvalue weighted by Gasteiger charge is 2.27. The van der Waals surface area contributed by atoms with Crippen molar-refractivity contribution in [3.63, 3.8) is 0 Å². The molecule has 1 aromatic heterocycles. The van der Waals surface area contributed by atoms with Gasteiger partial charge in [0.2, 0.25) is 15.9 Å². The van der Waals surface area contributed by atoms with E-state index in [9.17, 15) is 13.2 Å². The van der Waals surface area contributed by atoms with Gasteiger partial charge in [-0.25, -0.2) is 8.42 Å². The van der Waals surface area contributed by atoms with Crippen LogP contribution in [-0.2, 0) is 27.9 Å². The number of aryl methyl sites for hydroxylation is 2. The molecule has 1 heterocycles. The third kappa shape index (κ3) is 5.01. The van der Waals surface area contributed by atoms with Gasteiger partial charge in [0.1, 0.15) is 0 Å². The smallest absolute Gasteiger partial charge is 0.243 e. The number of sulfonamides is 1. The molecule has 0 radical (unpaired) electrons. The number of nitrogens with zero attached hydrogens (tertiary/aromatic N) is 2. The number of hydrogen-bond acceptors (Lipinski definition) is 3. The Bertz CT molecular complexity index is 1670. The zero-order valence-corrected chi connectivity index (χ0v) is 21.7. The first-order valence-corrected chi connectivity index (χ1v) is 13.7. The number of nitrogens with one attached hydrogen (secondary N) is 1. The van der Waals surface area contributed by atoms with Crippen LogP contribution in [0.25, 0.3) is 21.8 Å². The topological polar surface area (TPSA) is 71.4 Å². The van der Waals surface area contributed by atoms with Gasteiger partial charge in [-0.3, -0.25) is 4.79 Å². The minimum absolute atomic E-state index is 0.0912. The van der Waals surface area contributed by atoms with E-state index in [4.69, 9.17) is 0 Å². The molecule has 0 saturated carbocycles. The second kappa shape index (κ2) is 10.2. The average Bonchev–Trinajstić information content (AvgIpc) is 3.23. The summed E-state index contributed by atoms with van der Waals surface area (Å²) in [4.78, 5) is 13.3. The van der Waals surface area contributed by atoms with Gasteiger partial charge < -0.3 is 9.88 Å². The van der Waals surface area contributed by atoms with E-state index in [2.05, 4.69) is 28.9 Å². The number of para-hydroxylation sites is 1. The summed E-state index contributed by atoms with van der Waals surface area (Å²) in [6, 6.07) is 29.9. The Morgan fingerprint density at radius 2 is 1.51 bits per heavy atom. The summed E-state index contributed by atoms with van der Waals surface area (Å²) in [6.45, 7) is 4.71. The Labute approximate surface area is 217 Å². The van der Waals surface area contributed by atoms with E-state index in [0.717, 1.165) is 39.5 Å². The minimum Gasteiger partial charge on any atom is -0.341 e. The number of benzene rings is 4. The molecule has 0 aliphatic carbocycles. The fraction of sp³-hybridized carbons (Fsp3) is 0.167. The molecule has 37 heavy (non-hydrogen) atoms. The van der Waals surface area contributed by atoms with Crippen molar-refractivity contribution < 1.29 is 13.2 Å². The Kier molecular flexibility index (Phi) is 6.82. The largest absolute Gasteiger partial charge is 0.341 e. The molecule has 4 aromatic carbocycles. The van der Waals surface area contributed by atoms with Crippen LogP contribution < -0.4 is 5.32 Å². The lowest BCUT2D eigenvalue weighted by Gasteiger charge is -2.22. The van der Waals surface area contributed by atoms with Crippen molar-refractivity contribution in [1.82, 2.24) is 8.87 Å². The predicted octanol–water partition coefficient (Wildman–Crippen LogP) is 5.95. The molecule has 0 aliphatic rings. The highest BCUT2D eigenvalue weighted by Crippen LogP contribution is 2.31. The van der Waals surface area contributed by atoms with Crippen LogP contribution in [0, 0.1) is 6.92 Å². The molecule has 7 heteroatoms. The fourth-order valence-corrected chi connectivity index (χ4v) is 6.10. The number of anilines is 1. The van der Waals surface area contributed by atoms with E-state index in [1.54, 1.807) is 30.3 Å². The number of aromatic nitrogens is 1. The average molecular weight is 512 g/mol. The van der Waals surface area contributed by atoms with E-state index in [0.29, 0.717) is 5.69 Å². The van der Waals surface area contributed by atoms with E-state index in [-0.39, 0.29) is 18.0 Å². The van der Waals surface area contributed by atoms with Crippen molar-refractivity contribution in [2.45, 2.75) is 31.8 Å². The van der Waals surface area contributed by atoms with Crippen molar-refractivity contribution in [3.8, 4) is 0 Å². The van der Waals surface area contributed by atoms with Gasteiger partial charge in [0.15, 0.2) is 0 Å². The lowest BCUT2D eigenvalue weighted by molar-refractivity contribution is -0.116. The third-order valence-electron chi connectivity index (χ3n) is 6.55. The van der Waals surface area contributed by atoms with E-state index in [1.807, 2.05) is 61.5 Å². The second-order valence-corrected chi connectivity index (χ2v) is 11.1. The Hall–Kier alpha value is -3.94. The molecule has 0 spiro atoms. The summed E-state index contributed by atoms with van der Waals surface area (Å²) in [6.07, 6.45) is 0. The Balaban J connectivity index is 1.43. The van der Waals surface area contributed by atoms with Crippen LogP contribution in [0.15, 0.2) is 102 Å². The van der Waals surface area contributed by atoms with Crippen molar-refractivity contribution >= 4 is 43.4 Å². The number of carbonyl (C=O) groups excluding carboxylic acids is 1. The lowest BCUT2D eigenvalue weighted by Crippen LogP contribution is -2.37. The molecule has 0 bridgehead atoms. The third-order valence-corrected chi connectivity index (χ3v) is 8.36. The van der Waals surface area contributed by atoms with Gasteiger partial charge >= 0.3 is 0 Å². The normalized spacial score (nSPS) is 11.9. The summed E-state index contributed by atoms with van der Waals surface area (Å²) in [5, 5.41) is 5.08. The van der Waals surface area contributed by atoms with Crippen molar-refractivity contribution in [2.75, 3.05) is 11.9 Å². The van der Waals surface area contributed by atoms with Crippen LogP contribution in [0.1, 0.15) is 18.1 Å². The van der Waals surface area contributed by atoms with Gasteiger partial charge in [-0.2, -0.15) is 4.31 Å². The van der Waals surface area contributed by atoms with Gasteiger partial charge in [0.25, 0.3) is 0 Å². The molecule has 5 rings (SSSR count). The van der Waals surface area contributed by atoms with Crippen LogP contribution in [-0.4, -0.2) is 29.7 Å². The number of rotatable bonds is 8. The van der Waals surface area contributed by atoms with Crippen LogP contribution in [0.5, 0.6) is 0 Å². The maximum atomic E-state index is 13.5. The monoisotopic (exact) mass is 511 g/mol.